The third-order valence-electron chi connectivity index (χ3n) is 8.29. The van der Waals surface area contributed by atoms with E-state index in [0.29, 0.717) is 30.0 Å². The van der Waals surface area contributed by atoms with Gasteiger partial charge in [-0.05, 0) is 44.2 Å². The number of aliphatic hydroxyl groups excluding tert-OH is 3. The first kappa shape index (κ1) is 24.8. The van der Waals surface area contributed by atoms with Gasteiger partial charge in [0.2, 0.25) is 5.95 Å². The van der Waals surface area contributed by atoms with Gasteiger partial charge in [-0.15, -0.1) is 11.3 Å². The van der Waals surface area contributed by atoms with Crippen LogP contribution < -0.4 is 10.6 Å². The van der Waals surface area contributed by atoms with E-state index >= 15 is 0 Å². The fourth-order valence-electron chi connectivity index (χ4n) is 5.85. The van der Waals surface area contributed by atoms with Crippen molar-refractivity contribution in [3.63, 3.8) is 0 Å². The Hall–Kier alpha value is -3.18. The SMILES string of the molecule is Cc1nc(NC2CC2c2ccccc2)nc(N[C@@H]2C[C@H](CO)[C@@H](O)[C@H]2O)c1-c1nc2c(C3CC3)nccc2s1. The number of hydrogen-bond donors (Lipinski definition) is 5. The number of thiazole rings is 1. The highest BCUT2D eigenvalue weighted by atomic mass is 32.1. The first-order chi connectivity index (χ1) is 19.0. The Kier molecular flexibility index (Phi) is 6.23. The van der Waals surface area contributed by atoms with Gasteiger partial charge in [0.05, 0.1) is 33.8 Å². The maximum Gasteiger partial charge on any atom is 0.225 e. The summed E-state index contributed by atoms with van der Waals surface area (Å²) in [7, 11) is 0. The molecule has 202 valence electrons. The molecule has 9 nitrogen and oxygen atoms in total. The minimum atomic E-state index is -1.02. The predicted molar refractivity (Wildman–Crippen MR) is 151 cm³/mol. The minimum absolute atomic E-state index is 0.184. The molecule has 0 bridgehead atoms. The molecule has 3 saturated carbocycles. The van der Waals surface area contributed by atoms with E-state index < -0.39 is 24.2 Å². The number of anilines is 2. The van der Waals surface area contributed by atoms with E-state index in [1.807, 2.05) is 25.3 Å². The highest BCUT2D eigenvalue weighted by Crippen LogP contribution is 2.45. The van der Waals surface area contributed by atoms with Crippen molar-refractivity contribution >= 4 is 33.3 Å². The van der Waals surface area contributed by atoms with E-state index in [0.717, 1.165) is 51.4 Å². The van der Waals surface area contributed by atoms with Crippen LogP contribution in [-0.4, -0.2) is 66.2 Å². The van der Waals surface area contributed by atoms with Gasteiger partial charge in [0.25, 0.3) is 0 Å². The number of nitrogens with zero attached hydrogens (tertiary/aromatic N) is 4. The zero-order valence-electron chi connectivity index (χ0n) is 21.7. The normalized spacial score (nSPS) is 28.1. The summed E-state index contributed by atoms with van der Waals surface area (Å²) in [5.41, 5.74) is 4.86. The molecular formula is C29H32N6O3S. The minimum Gasteiger partial charge on any atom is -0.396 e. The van der Waals surface area contributed by atoms with E-state index in [1.54, 1.807) is 11.3 Å². The van der Waals surface area contributed by atoms with Crippen LogP contribution in [0.15, 0.2) is 42.6 Å². The van der Waals surface area contributed by atoms with Crippen LogP contribution in [0.1, 0.15) is 54.5 Å². The van der Waals surface area contributed by atoms with Crippen molar-refractivity contribution in [1.82, 2.24) is 19.9 Å². The van der Waals surface area contributed by atoms with Crippen LogP contribution in [-0.2, 0) is 0 Å². The summed E-state index contributed by atoms with van der Waals surface area (Å²) >= 11 is 1.59. The lowest BCUT2D eigenvalue weighted by Gasteiger charge is -2.21. The fourth-order valence-corrected chi connectivity index (χ4v) is 6.92. The molecule has 10 heteroatoms. The smallest absolute Gasteiger partial charge is 0.225 e. The van der Waals surface area contributed by atoms with Crippen LogP contribution in [0.5, 0.6) is 0 Å². The third-order valence-corrected chi connectivity index (χ3v) is 9.33. The molecule has 39 heavy (non-hydrogen) atoms. The largest absolute Gasteiger partial charge is 0.396 e. The van der Waals surface area contributed by atoms with Gasteiger partial charge in [-0.25, -0.2) is 9.97 Å². The topological polar surface area (TPSA) is 136 Å². The Labute approximate surface area is 230 Å². The van der Waals surface area contributed by atoms with Crippen molar-refractivity contribution in [1.29, 1.82) is 0 Å². The number of pyridine rings is 1. The number of rotatable bonds is 8. The molecule has 0 aliphatic heterocycles. The van der Waals surface area contributed by atoms with Crippen LogP contribution in [0.25, 0.3) is 20.8 Å². The highest BCUT2D eigenvalue weighted by Gasteiger charge is 2.42. The van der Waals surface area contributed by atoms with Crippen molar-refractivity contribution in [2.24, 2.45) is 5.92 Å². The maximum atomic E-state index is 10.8. The standard InChI is InChI=1S/C29H32N6O3S/c1-14-22(28-34-24-21(39-28)9-10-30-23(24)16-7-8-16)27(32-20-11-17(13-36)25(37)26(20)38)35-29(31-14)33-19-12-18(19)15-5-3-2-4-6-15/h2-6,9-10,16-20,25-26,36-38H,7-8,11-13H2,1H3,(H2,31,32,33,35)/t17-,18?,19?,20-,25-,26+/m1/s1. The van der Waals surface area contributed by atoms with Gasteiger partial charge in [0.1, 0.15) is 22.4 Å². The molecular weight excluding hydrogens is 512 g/mol. The van der Waals surface area contributed by atoms with E-state index in [1.165, 1.54) is 5.56 Å². The Morgan fingerprint density at radius 3 is 2.51 bits per heavy atom. The predicted octanol–water partition coefficient (Wildman–Crippen LogP) is 3.82. The van der Waals surface area contributed by atoms with Gasteiger partial charge in [-0.3, -0.25) is 4.98 Å². The van der Waals surface area contributed by atoms with Gasteiger partial charge >= 0.3 is 0 Å². The molecule has 0 saturated heterocycles. The van der Waals surface area contributed by atoms with E-state index in [9.17, 15) is 15.3 Å². The molecule has 3 aromatic heterocycles. The van der Waals surface area contributed by atoms with Crippen molar-refractivity contribution in [3.05, 3.63) is 59.5 Å². The lowest BCUT2D eigenvalue weighted by Crippen LogP contribution is -2.35. The Morgan fingerprint density at radius 1 is 0.949 bits per heavy atom. The summed E-state index contributed by atoms with van der Waals surface area (Å²) in [6.45, 7) is 1.77. The summed E-state index contributed by atoms with van der Waals surface area (Å²) in [6, 6.07) is 12.2. The average Bonchev–Trinajstić information content (AvgIpc) is 3.86. The third kappa shape index (κ3) is 4.65. The van der Waals surface area contributed by atoms with Gasteiger partial charge < -0.3 is 26.0 Å². The van der Waals surface area contributed by atoms with Crippen LogP contribution in [0, 0.1) is 12.8 Å². The monoisotopic (exact) mass is 544 g/mol. The van der Waals surface area contributed by atoms with Crippen LogP contribution in [0.3, 0.4) is 0 Å². The Balaban J connectivity index is 1.24. The van der Waals surface area contributed by atoms with E-state index in [-0.39, 0.29) is 12.6 Å². The molecule has 6 atom stereocenters. The number of aryl methyl sites for hydroxylation is 1. The molecule has 3 aliphatic carbocycles. The zero-order chi connectivity index (χ0) is 26.7. The molecule has 0 spiro atoms. The zero-order valence-corrected chi connectivity index (χ0v) is 22.5. The molecule has 2 unspecified atom stereocenters. The number of aromatic nitrogens is 4. The molecule has 4 aromatic rings. The molecule has 0 radical (unpaired) electrons. The van der Waals surface area contributed by atoms with Crippen molar-refractivity contribution in [2.75, 3.05) is 17.2 Å². The fraction of sp³-hybridized carbons (Fsp3) is 0.448. The van der Waals surface area contributed by atoms with E-state index in [4.69, 9.17) is 15.0 Å². The van der Waals surface area contributed by atoms with Crippen LogP contribution >= 0.6 is 11.3 Å². The number of hydrogen-bond acceptors (Lipinski definition) is 10. The van der Waals surface area contributed by atoms with E-state index in [2.05, 4.69) is 39.9 Å². The van der Waals surface area contributed by atoms with Crippen LogP contribution in [0.4, 0.5) is 11.8 Å². The van der Waals surface area contributed by atoms with Crippen molar-refractivity contribution in [2.45, 2.75) is 68.7 Å². The molecule has 1 aromatic carbocycles. The molecule has 3 aliphatic rings. The number of benzene rings is 1. The molecule has 3 heterocycles. The van der Waals surface area contributed by atoms with Gasteiger partial charge in [0.15, 0.2) is 0 Å². The van der Waals surface area contributed by atoms with Crippen molar-refractivity contribution in [3.8, 4) is 10.6 Å². The van der Waals surface area contributed by atoms with Gasteiger partial charge in [-0.1, -0.05) is 30.3 Å². The lowest BCUT2D eigenvalue weighted by molar-refractivity contribution is 0.00446. The first-order valence-corrected chi connectivity index (χ1v) is 14.5. The average molecular weight is 545 g/mol. The summed E-state index contributed by atoms with van der Waals surface area (Å²) in [6.07, 6.45) is 3.58. The molecule has 7 rings (SSSR count). The number of nitrogens with one attached hydrogen (secondary N) is 2. The summed E-state index contributed by atoms with van der Waals surface area (Å²) in [4.78, 5) is 19.4. The Morgan fingerprint density at radius 2 is 1.77 bits per heavy atom. The quantitative estimate of drug-likeness (QED) is 0.224. The highest BCUT2D eigenvalue weighted by molar-refractivity contribution is 7.21. The molecule has 5 N–H and O–H groups in total. The second kappa shape index (κ2) is 9.78. The van der Waals surface area contributed by atoms with Gasteiger partial charge in [-0.2, -0.15) is 4.98 Å². The second-order valence-corrected chi connectivity index (χ2v) is 12.1. The maximum absolute atomic E-state index is 10.8. The first-order valence-electron chi connectivity index (χ1n) is 13.7. The summed E-state index contributed by atoms with van der Waals surface area (Å²) in [5.74, 6) is 1.59. The molecule has 0 amide bonds. The Bertz CT molecular complexity index is 1510. The summed E-state index contributed by atoms with van der Waals surface area (Å²) < 4.78 is 1.08. The second-order valence-electron chi connectivity index (χ2n) is 11.1. The van der Waals surface area contributed by atoms with Crippen molar-refractivity contribution < 1.29 is 15.3 Å². The van der Waals surface area contributed by atoms with Crippen LogP contribution in [0.2, 0.25) is 0 Å². The number of fused-ring (bicyclic) bond motifs is 1. The molecule has 3 fully saturated rings. The van der Waals surface area contributed by atoms with Gasteiger partial charge in [0, 0.05) is 36.6 Å². The summed E-state index contributed by atoms with van der Waals surface area (Å²) in [5, 5.41) is 38.6. The number of aliphatic hydroxyl groups is 3. The lowest BCUT2D eigenvalue weighted by atomic mass is 10.1.